The number of fused-ring (bicyclic) bond motifs is 5. The molecule has 10 unspecified atom stereocenters. The number of hydrogen-bond donors (Lipinski definition) is 3. The van der Waals surface area contributed by atoms with Crippen molar-refractivity contribution in [3.63, 3.8) is 0 Å². The lowest BCUT2D eigenvalue weighted by Gasteiger charge is -2.63. The Morgan fingerprint density at radius 1 is 1.05 bits per heavy atom. The lowest BCUT2D eigenvalue weighted by molar-refractivity contribution is -0.312. The molecule has 4 saturated carbocycles. The second-order valence-electron chi connectivity index (χ2n) is 13.4. The zero-order valence-electron chi connectivity index (χ0n) is 23.3. The van der Waals surface area contributed by atoms with Crippen LogP contribution in [0.1, 0.15) is 71.6 Å². The maximum absolute atomic E-state index is 13.0. The summed E-state index contributed by atoms with van der Waals surface area (Å²) in [6.45, 7) is 4.25. The number of aliphatic hydroxyl groups is 3. The average molecular weight is 549 g/mol. The van der Waals surface area contributed by atoms with Crippen LogP contribution in [0.2, 0.25) is 0 Å². The average Bonchev–Trinajstić information content (AvgIpc) is 3.47. The summed E-state index contributed by atoms with van der Waals surface area (Å²) < 4.78 is 22.6. The Morgan fingerprint density at radius 3 is 2.54 bits per heavy atom. The highest BCUT2D eigenvalue weighted by molar-refractivity contribution is 5.85. The smallest absolute Gasteiger partial charge is 0.331 e. The summed E-state index contributed by atoms with van der Waals surface area (Å²) >= 11 is 0. The number of aldehydes is 1. The molecule has 0 amide bonds. The Labute approximate surface area is 230 Å². The fourth-order valence-corrected chi connectivity index (χ4v) is 10.00. The third kappa shape index (κ3) is 4.02. The summed E-state index contributed by atoms with van der Waals surface area (Å²) in [5, 5.41) is 33.4. The van der Waals surface area contributed by atoms with Gasteiger partial charge in [-0.15, -0.1) is 0 Å². The van der Waals surface area contributed by atoms with E-state index in [0.29, 0.717) is 32.3 Å². The second-order valence-corrected chi connectivity index (χ2v) is 13.4. The molecule has 5 fully saturated rings. The van der Waals surface area contributed by atoms with E-state index in [0.717, 1.165) is 37.7 Å². The van der Waals surface area contributed by atoms with Crippen molar-refractivity contribution in [2.75, 3.05) is 13.7 Å². The molecule has 2 heterocycles. The number of esters is 1. The van der Waals surface area contributed by atoms with Gasteiger partial charge in [-0.25, -0.2) is 4.79 Å². The highest BCUT2D eigenvalue weighted by Crippen LogP contribution is 2.69. The number of carbonyl (C=O) groups excluding carboxylic acids is 2. The molecule has 1 saturated heterocycles. The number of methoxy groups -OCH3 is 1. The molecule has 4 aliphatic carbocycles. The van der Waals surface area contributed by atoms with Gasteiger partial charge in [-0.1, -0.05) is 6.92 Å². The largest absolute Gasteiger partial charge is 0.458 e. The molecule has 0 radical (unpaired) electrons. The molecule has 2 aliphatic heterocycles. The van der Waals surface area contributed by atoms with Crippen LogP contribution in [-0.4, -0.2) is 83.7 Å². The zero-order chi connectivity index (χ0) is 27.7. The normalized spacial score (nSPS) is 53.3. The molecular formula is C30H44O9. The Morgan fingerprint density at radius 2 is 1.85 bits per heavy atom. The standard InChI is InChI=1S/C30H44O9/c1-16-24(33)26(36-3)25(34)27(38-16)39-19-6-10-29(15-31)18(13-19)4-5-22-21(29)7-9-28(2)20(8-11-30(22,28)35)17-12-23(32)37-14-17/h12,15-16,18-22,24-27,33-35H,4-11,13-14H2,1-3H3/t16?,18?,19?,20?,21?,22?,24?,25?,26?,27?,28-,29-,30+/m1/s1. The van der Waals surface area contributed by atoms with E-state index in [-0.39, 0.29) is 41.2 Å². The molecule has 9 nitrogen and oxygen atoms in total. The van der Waals surface area contributed by atoms with Gasteiger partial charge in [0, 0.05) is 24.0 Å². The summed E-state index contributed by atoms with van der Waals surface area (Å²) in [7, 11) is 1.46. The Hall–Kier alpha value is -1.36. The van der Waals surface area contributed by atoms with Crippen LogP contribution in [0, 0.1) is 34.5 Å². The van der Waals surface area contributed by atoms with Crippen molar-refractivity contribution < 1.29 is 43.9 Å². The highest BCUT2D eigenvalue weighted by Gasteiger charge is 2.68. The molecule has 218 valence electrons. The van der Waals surface area contributed by atoms with Gasteiger partial charge in [0.2, 0.25) is 0 Å². The molecule has 0 aromatic heterocycles. The molecule has 0 bridgehead atoms. The lowest BCUT2D eigenvalue weighted by atomic mass is 9.43. The first-order valence-electron chi connectivity index (χ1n) is 14.8. The van der Waals surface area contributed by atoms with Crippen LogP contribution < -0.4 is 0 Å². The SMILES string of the molecule is COC1C(O)C(C)OC(OC2CC[C@@]3(C=O)C(CCC4C3CC[C@]3(C)C(C5=CC(=O)OC5)CC[C@]43O)C2)C1O. The van der Waals surface area contributed by atoms with Gasteiger partial charge in [-0.05, 0) is 94.0 Å². The predicted octanol–water partition coefficient (Wildman–Crippen LogP) is 2.29. The van der Waals surface area contributed by atoms with Crippen LogP contribution >= 0.6 is 0 Å². The van der Waals surface area contributed by atoms with Crippen LogP contribution in [-0.2, 0) is 28.5 Å². The van der Waals surface area contributed by atoms with Gasteiger partial charge in [-0.3, -0.25) is 0 Å². The first-order valence-corrected chi connectivity index (χ1v) is 14.8. The van der Waals surface area contributed by atoms with Crippen molar-refractivity contribution in [1.29, 1.82) is 0 Å². The maximum Gasteiger partial charge on any atom is 0.331 e. The Balaban J connectivity index is 1.18. The number of rotatable bonds is 5. The van der Waals surface area contributed by atoms with E-state index in [2.05, 4.69) is 6.92 Å². The van der Waals surface area contributed by atoms with Gasteiger partial charge < -0.3 is 39.1 Å². The highest BCUT2D eigenvalue weighted by atomic mass is 16.7. The van der Waals surface area contributed by atoms with E-state index in [1.165, 1.54) is 13.4 Å². The molecule has 6 rings (SSSR count). The van der Waals surface area contributed by atoms with Crippen LogP contribution in [0.4, 0.5) is 0 Å². The van der Waals surface area contributed by atoms with Gasteiger partial charge in [0.15, 0.2) is 6.29 Å². The van der Waals surface area contributed by atoms with Gasteiger partial charge in [0.05, 0.1) is 17.8 Å². The van der Waals surface area contributed by atoms with Crippen molar-refractivity contribution in [2.24, 2.45) is 34.5 Å². The van der Waals surface area contributed by atoms with Gasteiger partial charge in [0.1, 0.15) is 31.2 Å². The van der Waals surface area contributed by atoms with E-state index >= 15 is 0 Å². The minimum Gasteiger partial charge on any atom is -0.458 e. The molecule has 39 heavy (non-hydrogen) atoms. The van der Waals surface area contributed by atoms with Crippen molar-refractivity contribution in [1.82, 2.24) is 0 Å². The summed E-state index contributed by atoms with van der Waals surface area (Å²) in [6.07, 6.45) is 5.39. The number of carbonyl (C=O) groups is 2. The number of aliphatic hydroxyl groups excluding tert-OH is 2. The van der Waals surface area contributed by atoms with Gasteiger partial charge in [-0.2, -0.15) is 0 Å². The molecule has 6 aliphatic rings. The van der Waals surface area contributed by atoms with Crippen LogP contribution in [0.15, 0.2) is 11.6 Å². The summed E-state index contributed by atoms with van der Waals surface area (Å²) in [5.41, 5.74) is -0.682. The minimum atomic E-state index is -1.11. The second kappa shape index (κ2) is 9.88. The summed E-state index contributed by atoms with van der Waals surface area (Å²) in [4.78, 5) is 24.8. The van der Waals surface area contributed by atoms with Gasteiger partial charge in [0.25, 0.3) is 0 Å². The number of hydrogen-bond acceptors (Lipinski definition) is 9. The maximum atomic E-state index is 13.0. The third-order valence-electron chi connectivity index (χ3n) is 12.1. The predicted molar refractivity (Wildman–Crippen MR) is 138 cm³/mol. The Bertz CT molecular complexity index is 1010. The first-order chi connectivity index (χ1) is 18.6. The lowest BCUT2D eigenvalue weighted by Crippen LogP contribution is -2.63. The quantitative estimate of drug-likeness (QED) is 0.269. The Kier molecular flexibility index (Phi) is 7.04. The molecule has 3 N–H and O–H groups in total. The molecule has 13 atom stereocenters. The van der Waals surface area contributed by atoms with Crippen LogP contribution in [0.3, 0.4) is 0 Å². The molecule has 0 aromatic rings. The fraction of sp³-hybridized carbons (Fsp3) is 0.867. The van der Waals surface area contributed by atoms with Crippen molar-refractivity contribution in [2.45, 2.75) is 114 Å². The van der Waals surface area contributed by atoms with Crippen molar-refractivity contribution in [3.05, 3.63) is 11.6 Å². The molecular weight excluding hydrogens is 504 g/mol. The molecule has 0 spiro atoms. The van der Waals surface area contributed by atoms with E-state index in [1.807, 2.05) is 0 Å². The number of ether oxygens (including phenoxy) is 4. The minimum absolute atomic E-state index is 0.0482. The van der Waals surface area contributed by atoms with Crippen LogP contribution in [0.25, 0.3) is 0 Å². The van der Waals surface area contributed by atoms with E-state index in [1.54, 1.807) is 13.0 Å². The molecule has 9 heteroatoms. The summed E-state index contributed by atoms with van der Waals surface area (Å²) in [5.74, 6) is 0.152. The van der Waals surface area contributed by atoms with Crippen molar-refractivity contribution in [3.8, 4) is 0 Å². The monoisotopic (exact) mass is 548 g/mol. The fourth-order valence-electron chi connectivity index (χ4n) is 10.00. The first kappa shape index (κ1) is 27.8. The van der Waals surface area contributed by atoms with Gasteiger partial charge >= 0.3 is 5.97 Å². The molecule has 0 aromatic carbocycles. The van der Waals surface area contributed by atoms with E-state index in [9.17, 15) is 24.9 Å². The van der Waals surface area contributed by atoms with E-state index < -0.39 is 41.7 Å². The van der Waals surface area contributed by atoms with E-state index in [4.69, 9.17) is 18.9 Å². The van der Waals surface area contributed by atoms with Crippen LogP contribution in [0.5, 0.6) is 0 Å². The topological polar surface area (TPSA) is 132 Å². The summed E-state index contributed by atoms with van der Waals surface area (Å²) in [6, 6.07) is 0. The third-order valence-corrected chi connectivity index (χ3v) is 12.1. The number of cyclic esters (lactones) is 1. The zero-order valence-corrected chi connectivity index (χ0v) is 23.3. The van der Waals surface area contributed by atoms with Crippen molar-refractivity contribution >= 4 is 12.3 Å².